The Hall–Kier alpha value is -1.10. The van der Waals surface area contributed by atoms with E-state index in [1.165, 1.54) is 10.4 Å². The average molecular weight is 309 g/mol. The normalized spacial score (nSPS) is 13.0. The molecule has 5 heteroatoms. The van der Waals surface area contributed by atoms with Gasteiger partial charge in [0.15, 0.2) is 4.77 Å². The van der Waals surface area contributed by atoms with Gasteiger partial charge >= 0.3 is 0 Å². The fraction of sp³-hybridized carbons (Fsp3) is 0.214. The fourth-order valence-corrected chi connectivity index (χ4v) is 3.77. The number of aromatic nitrogens is 2. The molecule has 19 heavy (non-hydrogen) atoms. The molecule has 0 aliphatic heterocycles. The van der Waals surface area contributed by atoms with Crippen molar-refractivity contribution in [2.45, 2.75) is 19.9 Å². The third-order valence-corrected chi connectivity index (χ3v) is 4.97. The van der Waals surface area contributed by atoms with Crippen LogP contribution in [0.2, 0.25) is 4.34 Å². The highest BCUT2D eigenvalue weighted by molar-refractivity contribution is 7.71. The fourth-order valence-electron chi connectivity index (χ4n) is 2.30. The average Bonchev–Trinajstić information content (AvgIpc) is 2.91. The molecule has 1 N–H and O–H groups in total. The van der Waals surface area contributed by atoms with Gasteiger partial charge in [-0.1, -0.05) is 17.7 Å². The molecule has 0 aliphatic carbocycles. The van der Waals surface area contributed by atoms with Crippen LogP contribution in [0, 0.1) is 11.7 Å². The van der Waals surface area contributed by atoms with Crippen molar-refractivity contribution in [1.29, 1.82) is 0 Å². The Kier molecular flexibility index (Phi) is 3.25. The van der Waals surface area contributed by atoms with E-state index in [0.29, 0.717) is 0 Å². The van der Waals surface area contributed by atoms with E-state index in [-0.39, 0.29) is 6.04 Å². The number of benzene rings is 1. The summed E-state index contributed by atoms with van der Waals surface area (Å²) in [7, 11) is 0. The van der Waals surface area contributed by atoms with Gasteiger partial charge in [0, 0.05) is 4.88 Å². The zero-order chi connectivity index (χ0) is 13.6. The Bertz CT molecular complexity index is 797. The maximum absolute atomic E-state index is 6.02. The number of hydrogen-bond donors (Lipinski definition) is 1. The number of halogens is 1. The number of aryl methyl sites for hydroxylation is 1. The van der Waals surface area contributed by atoms with E-state index in [1.807, 2.05) is 6.07 Å². The summed E-state index contributed by atoms with van der Waals surface area (Å²) in [5.41, 5.74) is 3.44. The third kappa shape index (κ3) is 2.24. The first kappa shape index (κ1) is 12.9. The molecular formula is C14H13ClN2S2. The monoisotopic (exact) mass is 308 g/mol. The molecule has 0 aliphatic rings. The third-order valence-electron chi connectivity index (χ3n) is 3.27. The number of nitrogens with zero attached hydrogens (tertiary/aromatic N) is 1. The Morgan fingerprint density at radius 2 is 2.11 bits per heavy atom. The van der Waals surface area contributed by atoms with Gasteiger partial charge in [-0.05, 0) is 55.9 Å². The van der Waals surface area contributed by atoms with E-state index in [4.69, 9.17) is 23.8 Å². The molecule has 2 aromatic heterocycles. The van der Waals surface area contributed by atoms with Crippen LogP contribution < -0.4 is 0 Å². The highest BCUT2D eigenvalue weighted by atomic mass is 35.5. The van der Waals surface area contributed by atoms with Gasteiger partial charge in [-0.3, -0.25) is 0 Å². The summed E-state index contributed by atoms with van der Waals surface area (Å²) in [5.74, 6) is 0. The van der Waals surface area contributed by atoms with Crippen LogP contribution in [0.4, 0.5) is 0 Å². The maximum Gasteiger partial charge on any atom is 0.178 e. The molecule has 1 unspecified atom stereocenters. The summed E-state index contributed by atoms with van der Waals surface area (Å²) in [6.45, 7) is 4.24. The zero-order valence-electron chi connectivity index (χ0n) is 10.6. The number of nitrogens with one attached hydrogen (secondary N) is 1. The number of rotatable bonds is 2. The van der Waals surface area contributed by atoms with E-state index in [9.17, 15) is 0 Å². The van der Waals surface area contributed by atoms with Gasteiger partial charge in [-0.2, -0.15) is 0 Å². The SMILES string of the molecule is Cc1ccc2[nH]c(=S)n(C(C)c3ccc(Cl)s3)c2c1. The van der Waals surface area contributed by atoms with Crippen LogP contribution in [0.25, 0.3) is 11.0 Å². The molecule has 98 valence electrons. The van der Waals surface area contributed by atoms with E-state index in [2.05, 4.69) is 47.7 Å². The Morgan fingerprint density at radius 1 is 1.32 bits per heavy atom. The van der Waals surface area contributed by atoms with Crippen LogP contribution >= 0.6 is 35.2 Å². The molecule has 3 aromatic rings. The van der Waals surface area contributed by atoms with Gasteiger partial charge in [0.2, 0.25) is 0 Å². The molecule has 0 spiro atoms. The predicted molar refractivity (Wildman–Crippen MR) is 85.0 cm³/mol. The first-order valence-electron chi connectivity index (χ1n) is 6.02. The number of imidazole rings is 1. The van der Waals surface area contributed by atoms with E-state index in [0.717, 1.165) is 20.1 Å². The van der Waals surface area contributed by atoms with Gasteiger partial charge in [0.1, 0.15) is 0 Å². The van der Waals surface area contributed by atoms with E-state index in [1.54, 1.807) is 11.3 Å². The van der Waals surface area contributed by atoms with Crippen molar-refractivity contribution in [3.63, 3.8) is 0 Å². The quantitative estimate of drug-likeness (QED) is 0.634. The molecule has 2 nitrogen and oxygen atoms in total. The highest BCUT2D eigenvalue weighted by Crippen LogP contribution is 2.31. The van der Waals surface area contributed by atoms with Crippen molar-refractivity contribution < 1.29 is 0 Å². The van der Waals surface area contributed by atoms with Gasteiger partial charge in [0.05, 0.1) is 21.4 Å². The van der Waals surface area contributed by atoms with Crippen LogP contribution in [0.3, 0.4) is 0 Å². The molecule has 1 aromatic carbocycles. The molecule has 0 amide bonds. The number of hydrogen-bond acceptors (Lipinski definition) is 2. The highest BCUT2D eigenvalue weighted by Gasteiger charge is 2.14. The first-order chi connectivity index (χ1) is 9.06. The van der Waals surface area contributed by atoms with Crippen molar-refractivity contribution in [3.8, 4) is 0 Å². The first-order valence-corrected chi connectivity index (χ1v) is 7.62. The van der Waals surface area contributed by atoms with Crippen molar-refractivity contribution in [2.75, 3.05) is 0 Å². The molecule has 2 heterocycles. The standard InChI is InChI=1S/C14H13ClN2S2/c1-8-3-4-10-11(7-8)17(14(18)16-10)9(2)12-5-6-13(15)19-12/h3-7,9H,1-2H3,(H,16,18). The summed E-state index contributed by atoms with van der Waals surface area (Å²) in [6.07, 6.45) is 0. The van der Waals surface area contributed by atoms with Crippen LogP contribution in [-0.4, -0.2) is 9.55 Å². The lowest BCUT2D eigenvalue weighted by Crippen LogP contribution is -2.05. The van der Waals surface area contributed by atoms with Crippen LogP contribution in [0.1, 0.15) is 23.4 Å². The lowest BCUT2D eigenvalue weighted by molar-refractivity contribution is 0.660. The second kappa shape index (κ2) is 4.78. The van der Waals surface area contributed by atoms with Gasteiger partial charge in [-0.25, -0.2) is 0 Å². The van der Waals surface area contributed by atoms with Crippen LogP contribution in [0.5, 0.6) is 0 Å². The molecule has 0 fully saturated rings. The summed E-state index contributed by atoms with van der Waals surface area (Å²) in [4.78, 5) is 4.47. The minimum atomic E-state index is 0.181. The summed E-state index contributed by atoms with van der Waals surface area (Å²) in [6, 6.07) is 10.5. The molecule has 3 rings (SSSR count). The molecule has 1 atom stereocenters. The Morgan fingerprint density at radius 3 is 2.79 bits per heavy atom. The Balaban J connectivity index is 2.21. The lowest BCUT2D eigenvalue weighted by atomic mass is 10.2. The lowest BCUT2D eigenvalue weighted by Gasteiger charge is -2.13. The molecule has 0 saturated carbocycles. The van der Waals surface area contributed by atoms with Crippen LogP contribution in [-0.2, 0) is 0 Å². The van der Waals surface area contributed by atoms with Crippen molar-refractivity contribution in [1.82, 2.24) is 9.55 Å². The molecule has 0 saturated heterocycles. The van der Waals surface area contributed by atoms with Gasteiger partial charge in [0.25, 0.3) is 0 Å². The number of fused-ring (bicyclic) bond motifs is 1. The Labute approximate surface area is 125 Å². The second-order valence-electron chi connectivity index (χ2n) is 4.64. The maximum atomic E-state index is 6.02. The summed E-state index contributed by atoms with van der Waals surface area (Å²) in [5, 5.41) is 0. The van der Waals surface area contributed by atoms with Gasteiger partial charge < -0.3 is 9.55 Å². The van der Waals surface area contributed by atoms with Gasteiger partial charge in [-0.15, -0.1) is 11.3 Å². The van der Waals surface area contributed by atoms with E-state index >= 15 is 0 Å². The minimum Gasteiger partial charge on any atom is -0.331 e. The smallest absolute Gasteiger partial charge is 0.178 e. The van der Waals surface area contributed by atoms with Crippen LogP contribution in [0.15, 0.2) is 30.3 Å². The molecule has 0 bridgehead atoms. The zero-order valence-corrected chi connectivity index (χ0v) is 13.0. The number of H-pyrrole nitrogens is 1. The summed E-state index contributed by atoms with van der Waals surface area (Å²) < 4.78 is 3.71. The van der Waals surface area contributed by atoms with Crippen molar-refractivity contribution in [3.05, 3.63) is 49.9 Å². The number of aromatic amines is 1. The molecule has 0 radical (unpaired) electrons. The minimum absolute atomic E-state index is 0.181. The largest absolute Gasteiger partial charge is 0.331 e. The molecular weight excluding hydrogens is 296 g/mol. The summed E-state index contributed by atoms with van der Waals surface area (Å²) >= 11 is 13.1. The predicted octanol–water partition coefficient (Wildman–Crippen LogP) is 5.33. The van der Waals surface area contributed by atoms with Crippen molar-refractivity contribution in [2.24, 2.45) is 0 Å². The van der Waals surface area contributed by atoms with E-state index < -0.39 is 0 Å². The topological polar surface area (TPSA) is 20.7 Å². The van der Waals surface area contributed by atoms with Crippen molar-refractivity contribution >= 4 is 46.2 Å². The second-order valence-corrected chi connectivity index (χ2v) is 6.77. The number of thiophene rings is 1.